The van der Waals surface area contributed by atoms with E-state index in [4.69, 9.17) is 4.74 Å². The Morgan fingerprint density at radius 2 is 1.29 bits per heavy atom. The zero-order valence-electron chi connectivity index (χ0n) is 38.1. The van der Waals surface area contributed by atoms with Gasteiger partial charge >= 0.3 is 5.97 Å². The molecule has 2 aromatic rings. The molecule has 2 aliphatic heterocycles. The van der Waals surface area contributed by atoms with Crippen molar-refractivity contribution in [3.05, 3.63) is 71.8 Å². The molecule has 2 fully saturated rings. The molecule has 63 heavy (non-hydrogen) atoms. The van der Waals surface area contributed by atoms with E-state index in [1.165, 1.54) is 11.8 Å². The average molecular weight is 874 g/mol. The van der Waals surface area contributed by atoms with Gasteiger partial charge in [-0.15, -0.1) is 0 Å². The number of fused-ring (bicyclic) bond motifs is 1. The zero-order valence-corrected chi connectivity index (χ0v) is 38.1. The van der Waals surface area contributed by atoms with Crippen LogP contribution in [0.5, 0.6) is 0 Å². The molecule has 0 bridgehead atoms. The first kappa shape index (κ1) is 49.9. The average Bonchev–Trinajstić information content (AvgIpc) is 3.74. The van der Waals surface area contributed by atoms with Crippen LogP contribution in [0.1, 0.15) is 92.7 Å². The highest BCUT2D eigenvalue weighted by Gasteiger charge is 2.43. The van der Waals surface area contributed by atoms with Crippen molar-refractivity contribution in [3.8, 4) is 0 Å². The number of hydrogen-bond donors (Lipinski definition) is 6. The summed E-state index contributed by atoms with van der Waals surface area (Å²) in [5, 5.41) is 16.7. The third-order valence-corrected chi connectivity index (χ3v) is 11.8. The minimum atomic E-state index is -1.61. The van der Waals surface area contributed by atoms with E-state index in [1.54, 1.807) is 103 Å². The van der Waals surface area contributed by atoms with E-state index in [1.807, 2.05) is 13.0 Å². The molecule has 6 N–H and O–H groups in total. The second kappa shape index (κ2) is 23.0. The van der Waals surface area contributed by atoms with Crippen molar-refractivity contribution >= 4 is 47.3 Å². The Hall–Kier alpha value is -5.80. The summed E-state index contributed by atoms with van der Waals surface area (Å²) in [5.74, 6) is -7.14. The third kappa shape index (κ3) is 13.6. The molecule has 16 heteroatoms. The van der Waals surface area contributed by atoms with Crippen molar-refractivity contribution in [2.24, 2.45) is 23.7 Å². The standard InChI is InChI=1S/C47H67N7O9/c1-10-29(8)39-44(59)51-38(28(6)7)47(62)63-30(9)40(53-42(57)36(26(2)3)49-35(55)25-32-20-15-12-16-21-32)45(60)48-33(24-31-18-13-11-14-19-31)46(61)54-23-17-22-34(54)41(56)50-37(27(4)5)43(58)52-39/h11-16,18-21,26-30,33-34,36-40H,10,17,22-25H2,1-9H3,(H,48,60)(H,49,55)(H,50,56)(H,51,59)(H,52,58)(H,53,57)/t29-,30+,33+,34-,36-,37-,38-,39-,40-/m0/s1. The lowest BCUT2D eigenvalue weighted by Gasteiger charge is -2.32. The first-order chi connectivity index (χ1) is 29.8. The van der Waals surface area contributed by atoms with Gasteiger partial charge in [0.2, 0.25) is 41.4 Å². The highest BCUT2D eigenvalue weighted by molar-refractivity contribution is 5.98. The maximum Gasteiger partial charge on any atom is 0.329 e. The lowest BCUT2D eigenvalue weighted by Crippen LogP contribution is -2.62. The fourth-order valence-electron chi connectivity index (χ4n) is 7.79. The van der Waals surface area contributed by atoms with Crippen LogP contribution in [-0.2, 0) is 55.9 Å². The highest BCUT2D eigenvalue weighted by Crippen LogP contribution is 2.22. The SMILES string of the molecule is CC[C@H](C)[C@@H]1NC(=O)[C@H](C(C)C)NC(=O)[C@@H]2CCCN2C(=O)[C@@H](Cc2ccccc2)NC(=O)[C@@H](NC(=O)[C@@H](NC(=O)Cc2ccccc2)C(C)C)[C@@H](C)OC(=O)[C@H](C(C)C)NC1=O. The Balaban J connectivity index is 1.79. The fraction of sp³-hybridized carbons (Fsp3) is 0.574. The number of nitrogens with one attached hydrogen (secondary N) is 6. The first-order valence-electron chi connectivity index (χ1n) is 22.2. The molecule has 2 aliphatic rings. The summed E-state index contributed by atoms with van der Waals surface area (Å²) in [4.78, 5) is 114. The maximum atomic E-state index is 14.7. The zero-order chi connectivity index (χ0) is 46.5. The number of benzene rings is 2. The van der Waals surface area contributed by atoms with Crippen LogP contribution in [0.2, 0.25) is 0 Å². The lowest BCUT2D eigenvalue weighted by atomic mass is 9.95. The van der Waals surface area contributed by atoms with Crippen LogP contribution in [0.3, 0.4) is 0 Å². The van der Waals surface area contributed by atoms with Gasteiger partial charge in [-0.3, -0.25) is 33.6 Å². The fourth-order valence-corrected chi connectivity index (χ4v) is 7.79. The Bertz CT molecular complexity index is 1930. The molecule has 0 radical (unpaired) electrons. The number of amides is 7. The van der Waals surface area contributed by atoms with Gasteiger partial charge in [-0.05, 0) is 54.6 Å². The predicted octanol–water partition coefficient (Wildman–Crippen LogP) is 2.33. The number of carbonyl (C=O) groups is 8. The molecule has 0 aromatic heterocycles. The molecule has 4 rings (SSSR count). The number of carbonyl (C=O) groups excluding carboxylic acids is 8. The normalized spacial score (nSPS) is 25.3. The third-order valence-electron chi connectivity index (χ3n) is 11.8. The Kier molecular flexibility index (Phi) is 18.2. The minimum Gasteiger partial charge on any atom is -0.458 e. The van der Waals surface area contributed by atoms with Crippen molar-refractivity contribution in [1.82, 2.24) is 36.8 Å². The number of esters is 1. The molecule has 16 nitrogen and oxygen atoms in total. The van der Waals surface area contributed by atoms with Gasteiger partial charge in [0.15, 0.2) is 0 Å². The summed E-state index contributed by atoms with van der Waals surface area (Å²) in [6, 6.07) is 9.52. The van der Waals surface area contributed by atoms with Crippen LogP contribution in [-0.4, -0.2) is 107 Å². The second-order valence-corrected chi connectivity index (χ2v) is 17.9. The largest absolute Gasteiger partial charge is 0.458 e. The van der Waals surface area contributed by atoms with E-state index >= 15 is 0 Å². The number of rotatable bonds is 12. The molecule has 0 spiro atoms. The summed E-state index contributed by atoms with van der Waals surface area (Å²) >= 11 is 0. The van der Waals surface area contributed by atoms with Crippen LogP contribution >= 0.6 is 0 Å². The van der Waals surface area contributed by atoms with Crippen LogP contribution in [0.4, 0.5) is 0 Å². The molecule has 0 saturated carbocycles. The van der Waals surface area contributed by atoms with E-state index in [0.717, 1.165) is 5.56 Å². The molecule has 2 aromatic carbocycles. The van der Waals surface area contributed by atoms with Gasteiger partial charge in [0, 0.05) is 13.0 Å². The van der Waals surface area contributed by atoms with Gasteiger partial charge in [-0.25, -0.2) is 4.79 Å². The summed E-state index contributed by atoms with van der Waals surface area (Å²) < 4.78 is 5.92. The van der Waals surface area contributed by atoms with Gasteiger partial charge < -0.3 is 41.5 Å². The molecule has 0 aliphatic carbocycles. The van der Waals surface area contributed by atoms with E-state index in [2.05, 4.69) is 31.9 Å². The van der Waals surface area contributed by atoms with Gasteiger partial charge in [0.25, 0.3) is 0 Å². The summed E-state index contributed by atoms with van der Waals surface area (Å²) in [6.07, 6.45) is -0.137. The molecule has 9 atom stereocenters. The molecule has 344 valence electrons. The van der Waals surface area contributed by atoms with Crippen molar-refractivity contribution in [2.45, 2.75) is 143 Å². The maximum absolute atomic E-state index is 14.7. The van der Waals surface area contributed by atoms with Crippen molar-refractivity contribution in [1.29, 1.82) is 0 Å². The first-order valence-corrected chi connectivity index (χ1v) is 22.2. The van der Waals surface area contributed by atoms with Gasteiger partial charge in [-0.2, -0.15) is 0 Å². The Morgan fingerprint density at radius 3 is 1.86 bits per heavy atom. The molecular formula is C47H67N7O9. The molecule has 7 amide bonds. The van der Waals surface area contributed by atoms with Crippen molar-refractivity contribution in [2.75, 3.05) is 6.54 Å². The summed E-state index contributed by atoms with van der Waals surface area (Å²) in [6.45, 7) is 15.6. The topological polar surface area (TPSA) is 221 Å². The van der Waals surface area contributed by atoms with E-state index in [-0.39, 0.29) is 19.4 Å². The quantitative estimate of drug-likeness (QED) is 0.172. The van der Waals surface area contributed by atoms with Crippen LogP contribution < -0.4 is 31.9 Å². The van der Waals surface area contributed by atoms with Crippen molar-refractivity contribution < 1.29 is 43.1 Å². The van der Waals surface area contributed by atoms with Gasteiger partial charge in [-0.1, -0.05) is 122 Å². The number of cyclic esters (lactones) is 1. The van der Waals surface area contributed by atoms with E-state index < -0.39 is 119 Å². The predicted molar refractivity (Wildman–Crippen MR) is 236 cm³/mol. The molecule has 0 unspecified atom stereocenters. The van der Waals surface area contributed by atoms with Crippen LogP contribution in [0.25, 0.3) is 0 Å². The molecular weight excluding hydrogens is 807 g/mol. The smallest absolute Gasteiger partial charge is 0.329 e. The summed E-state index contributed by atoms with van der Waals surface area (Å²) in [5.41, 5.74) is 1.42. The Morgan fingerprint density at radius 1 is 0.730 bits per heavy atom. The minimum absolute atomic E-state index is 0.00390. The second-order valence-electron chi connectivity index (χ2n) is 17.9. The molecule has 2 saturated heterocycles. The number of nitrogens with zero attached hydrogens (tertiary/aromatic N) is 1. The van der Waals surface area contributed by atoms with Crippen LogP contribution in [0.15, 0.2) is 60.7 Å². The van der Waals surface area contributed by atoms with Gasteiger partial charge in [0.05, 0.1) is 6.42 Å². The lowest BCUT2D eigenvalue weighted by molar-refractivity contribution is -0.157. The summed E-state index contributed by atoms with van der Waals surface area (Å²) in [7, 11) is 0. The van der Waals surface area contributed by atoms with Crippen LogP contribution in [0, 0.1) is 23.7 Å². The van der Waals surface area contributed by atoms with E-state index in [0.29, 0.717) is 24.8 Å². The highest BCUT2D eigenvalue weighted by atomic mass is 16.5. The molecule has 2 heterocycles. The van der Waals surface area contributed by atoms with Gasteiger partial charge in [0.1, 0.15) is 48.4 Å². The monoisotopic (exact) mass is 874 g/mol. The van der Waals surface area contributed by atoms with Crippen molar-refractivity contribution in [3.63, 3.8) is 0 Å². The number of hydrogen-bond acceptors (Lipinski definition) is 9. The Labute approximate surface area is 371 Å². The number of ether oxygens (including phenoxy) is 1. The van der Waals surface area contributed by atoms with E-state index in [9.17, 15) is 38.4 Å².